The number of methoxy groups -OCH3 is 1. The van der Waals surface area contributed by atoms with Gasteiger partial charge in [0.1, 0.15) is 17.4 Å². The van der Waals surface area contributed by atoms with Gasteiger partial charge in [-0.15, -0.1) is 24.0 Å². The molecule has 1 aromatic heterocycles. The molecule has 1 heterocycles. The number of hydrogen-bond acceptors (Lipinski definition) is 6. The maximum Gasteiger partial charge on any atom is 0.191 e. The molecular formula is C21H32IN7O2. The Labute approximate surface area is 200 Å². The van der Waals surface area contributed by atoms with Crippen molar-refractivity contribution in [2.45, 2.75) is 32.7 Å². The predicted molar refractivity (Wildman–Crippen MR) is 133 cm³/mol. The van der Waals surface area contributed by atoms with Crippen molar-refractivity contribution in [2.24, 2.45) is 4.99 Å². The Bertz CT molecular complexity index is 831. The molecule has 0 bridgehead atoms. The maximum atomic E-state index is 9.15. The number of hydrogen-bond donors (Lipinski definition) is 4. The number of nitrogens with zero attached hydrogens (tertiary/aromatic N) is 3. The second-order valence-corrected chi connectivity index (χ2v) is 6.59. The number of aryl methyl sites for hydroxylation is 1. The number of H-pyrrole nitrogens is 1. The van der Waals surface area contributed by atoms with Crippen LogP contribution in [0.2, 0.25) is 0 Å². The van der Waals surface area contributed by atoms with Gasteiger partial charge in [0.15, 0.2) is 11.8 Å². The van der Waals surface area contributed by atoms with Crippen LogP contribution in [0.15, 0.2) is 29.3 Å². The van der Waals surface area contributed by atoms with Crippen molar-refractivity contribution < 1.29 is 9.47 Å². The first-order valence-electron chi connectivity index (χ1n) is 10.1. The van der Waals surface area contributed by atoms with Crippen molar-refractivity contribution in [2.75, 3.05) is 39.1 Å². The summed E-state index contributed by atoms with van der Waals surface area (Å²) in [6.45, 7) is 5.45. The summed E-state index contributed by atoms with van der Waals surface area (Å²) in [4.78, 5) is 4.67. The Morgan fingerprint density at radius 2 is 1.94 bits per heavy atom. The van der Waals surface area contributed by atoms with Crippen molar-refractivity contribution >= 4 is 35.8 Å². The monoisotopic (exact) mass is 541 g/mol. The zero-order valence-electron chi connectivity index (χ0n) is 18.1. The number of nitriles is 1. The summed E-state index contributed by atoms with van der Waals surface area (Å²) >= 11 is 0. The normalized spacial score (nSPS) is 10.8. The second-order valence-electron chi connectivity index (χ2n) is 6.59. The minimum Gasteiger partial charge on any atom is -0.497 e. The van der Waals surface area contributed by atoms with Crippen LogP contribution in [0.5, 0.6) is 5.75 Å². The number of guanidine groups is 1. The number of halogens is 1. The molecule has 2 rings (SSSR count). The highest BCUT2D eigenvalue weighted by atomic mass is 127. The van der Waals surface area contributed by atoms with Crippen LogP contribution in [0.1, 0.15) is 36.6 Å². The van der Waals surface area contributed by atoms with Gasteiger partial charge in [-0.2, -0.15) is 10.4 Å². The van der Waals surface area contributed by atoms with Crippen LogP contribution in [0.25, 0.3) is 0 Å². The molecule has 0 fully saturated rings. The number of rotatable bonds is 12. The van der Waals surface area contributed by atoms with Gasteiger partial charge in [0, 0.05) is 26.3 Å². The first kappa shape index (κ1) is 26.5. The molecule has 0 aliphatic rings. The molecule has 10 heteroatoms. The molecule has 0 radical (unpaired) electrons. The summed E-state index contributed by atoms with van der Waals surface area (Å²) in [6, 6.07) is 9.94. The number of benzene rings is 1. The Morgan fingerprint density at radius 3 is 2.58 bits per heavy atom. The summed E-state index contributed by atoms with van der Waals surface area (Å²) in [6.07, 6.45) is 2.38. The molecule has 0 spiro atoms. The van der Waals surface area contributed by atoms with Gasteiger partial charge < -0.3 is 25.8 Å². The Morgan fingerprint density at radius 1 is 1.23 bits per heavy atom. The average molecular weight is 541 g/mol. The standard InChI is InChI=1S/C21H31N7O2.HI/c1-3-30-13-5-12-25-21(26-15-16-7-9-17(29-2)10-8-16)24-11-4-6-19-18(14-22)20(23)28-27-19;/h7-10H,3-6,11-13,15H2,1-2H3,(H3,23,27,28)(H2,24,25,26);1H. The SMILES string of the molecule is CCOCCCNC(=NCc1ccc(OC)cc1)NCCCc1[nH]nc(N)c1C#N.I. The lowest BCUT2D eigenvalue weighted by Gasteiger charge is -2.13. The smallest absolute Gasteiger partial charge is 0.191 e. The van der Waals surface area contributed by atoms with Gasteiger partial charge in [0.25, 0.3) is 0 Å². The zero-order valence-corrected chi connectivity index (χ0v) is 20.4. The molecule has 0 saturated carbocycles. The third kappa shape index (κ3) is 9.44. The van der Waals surface area contributed by atoms with Gasteiger partial charge in [0.2, 0.25) is 0 Å². The number of aromatic nitrogens is 2. The lowest BCUT2D eigenvalue weighted by Crippen LogP contribution is -2.38. The van der Waals surface area contributed by atoms with Crippen LogP contribution in [-0.2, 0) is 17.7 Å². The highest BCUT2D eigenvalue weighted by Gasteiger charge is 2.09. The lowest BCUT2D eigenvalue weighted by atomic mass is 10.1. The fourth-order valence-electron chi connectivity index (χ4n) is 2.77. The summed E-state index contributed by atoms with van der Waals surface area (Å²) in [5.74, 6) is 1.82. The molecule has 5 N–H and O–H groups in total. The molecule has 0 atom stereocenters. The summed E-state index contributed by atoms with van der Waals surface area (Å²) in [7, 11) is 1.65. The van der Waals surface area contributed by atoms with Crippen LogP contribution in [0.3, 0.4) is 0 Å². The number of anilines is 1. The predicted octanol–water partition coefficient (Wildman–Crippen LogP) is 2.58. The second kappa shape index (κ2) is 15.3. The van der Waals surface area contributed by atoms with Crippen LogP contribution in [0, 0.1) is 11.3 Å². The lowest BCUT2D eigenvalue weighted by molar-refractivity contribution is 0.145. The molecule has 0 saturated heterocycles. The topological polar surface area (TPSA) is 133 Å². The van der Waals surface area contributed by atoms with E-state index in [0.717, 1.165) is 49.0 Å². The van der Waals surface area contributed by atoms with E-state index >= 15 is 0 Å². The van der Waals surface area contributed by atoms with E-state index < -0.39 is 0 Å². The largest absolute Gasteiger partial charge is 0.497 e. The van der Waals surface area contributed by atoms with Gasteiger partial charge in [-0.1, -0.05) is 12.1 Å². The quantitative estimate of drug-likeness (QED) is 0.141. The molecule has 31 heavy (non-hydrogen) atoms. The van der Waals surface area contributed by atoms with E-state index in [2.05, 4.69) is 31.9 Å². The van der Waals surface area contributed by atoms with Gasteiger partial charge in [0.05, 0.1) is 19.3 Å². The molecule has 0 unspecified atom stereocenters. The summed E-state index contributed by atoms with van der Waals surface area (Å²) in [5.41, 5.74) is 7.96. The van der Waals surface area contributed by atoms with E-state index in [1.54, 1.807) is 7.11 Å². The van der Waals surface area contributed by atoms with Crippen molar-refractivity contribution in [1.29, 1.82) is 5.26 Å². The number of aromatic amines is 1. The fourth-order valence-corrected chi connectivity index (χ4v) is 2.77. The number of aliphatic imine (C=N–C) groups is 1. The molecule has 2 aromatic rings. The molecular weight excluding hydrogens is 509 g/mol. The van der Waals surface area contributed by atoms with Crippen LogP contribution in [0.4, 0.5) is 5.82 Å². The number of nitrogen functional groups attached to an aromatic ring is 1. The molecule has 0 aliphatic heterocycles. The third-order valence-electron chi connectivity index (χ3n) is 4.42. The molecule has 0 amide bonds. The van der Waals surface area contributed by atoms with Crippen LogP contribution < -0.4 is 21.1 Å². The molecule has 1 aromatic carbocycles. The third-order valence-corrected chi connectivity index (χ3v) is 4.42. The minimum atomic E-state index is 0. The highest BCUT2D eigenvalue weighted by molar-refractivity contribution is 14.0. The first-order chi connectivity index (χ1) is 14.7. The summed E-state index contributed by atoms with van der Waals surface area (Å²) in [5, 5.41) is 22.6. The van der Waals surface area contributed by atoms with Crippen LogP contribution >= 0.6 is 24.0 Å². The van der Waals surface area contributed by atoms with Crippen molar-refractivity contribution in [3.05, 3.63) is 41.1 Å². The minimum absolute atomic E-state index is 0. The van der Waals surface area contributed by atoms with E-state index in [0.29, 0.717) is 31.7 Å². The molecule has 9 nitrogen and oxygen atoms in total. The van der Waals surface area contributed by atoms with Gasteiger partial charge >= 0.3 is 0 Å². The van der Waals surface area contributed by atoms with Crippen molar-refractivity contribution in [3.63, 3.8) is 0 Å². The van der Waals surface area contributed by atoms with Gasteiger partial charge in [-0.25, -0.2) is 4.99 Å². The molecule has 170 valence electrons. The zero-order chi connectivity index (χ0) is 21.6. The fraction of sp³-hybridized carbons (Fsp3) is 0.476. The Kier molecular flexibility index (Phi) is 13.1. The van der Waals surface area contributed by atoms with Crippen LogP contribution in [-0.4, -0.2) is 49.6 Å². The summed E-state index contributed by atoms with van der Waals surface area (Å²) < 4.78 is 10.6. The number of nitrogens with one attached hydrogen (secondary N) is 3. The number of ether oxygens (including phenoxy) is 2. The van der Waals surface area contributed by atoms with E-state index in [9.17, 15) is 0 Å². The Balaban J connectivity index is 0.00000480. The first-order valence-corrected chi connectivity index (χ1v) is 10.1. The maximum absolute atomic E-state index is 9.15. The van der Waals surface area contributed by atoms with E-state index in [1.807, 2.05) is 31.2 Å². The van der Waals surface area contributed by atoms with E-state index in [4.69, 9.17) is 20.5 Å². The van der Waals surface area contributed by atoms with Crippen molar-refractivity contribution in [3.8, 4) is 11.8 Å². The van der Waals surface area contributed by atoms with Crippen molar-refractivity contribution in [1.82, 2.24) is 20.8 Å². The van der Waals surface area contributed by atoms with E-state index in [1.165, 1.54) is 0 Å². The average Bonchev–Trinajstić information content (AvgIpc) is 3.13. The van der Waals surface area contributed by atoms with E-state index in [-0.39, 0.29) is 29.8 Å². The highest BCUT2D eigenvalue weighted by Crippen LogP contribution is 2.13. The number of nitrogens with two attached hydrogens (primary N) is 1. The van der Waals surface area contributed by atoms with Gasteiger partial charge in [-0.3, -0.25) is 5.10 Å². The Hall–Kier alpha value is -2.52. The van der Waals surface area contributed by atoms with Gasteiger partial charge in [-0.05, 0) is 43.9 Å². The molecule has 0 aliphatic carbocycles.